The summed E-state index contributed by atoms with van der Waals surface area (Å²) in [6.45, 7) is 5.74. The molecule has 0 radical (unpaired) electrons. The monoisotopic (exact) mass is 432 g/mol. The molecule has 3 aromatic heterocycles. The normalized spacial score (nSPS) is 18.0. The Bertz CT molecular complexity index is 1020. The lowest BCUT2D eigenvalue weighted by atomic mass is 10.0. The Labute approximate surface area is 188 Å². The van der Waals surface area contributed by atoms with Gasteiger partial charge in [0.05, 0.1) is 26.0 Å². The zero-order valence-electron chi connectivity index (χ0n) is 18.4. The van der Waals surface area contributed by atoms with Gasteiger partial charge in [-0.05, 0) is 31.0 Å². The number of piperidine rings is 1. The SMILES string of the molecule is COc1ccc(-c2cc(N3CCC(N4CCOCC4)CC3)nc(-c3ccncc3)n2)cn1. The van der Waals surface area contributed by atoms with Gasteiger partial charge in [-0.25, -0.2) is 15.0 Å². The first-order valence-electron chi connectivity index (χ1n) is 11.2. The van der Waals surface area contributed by atoms with E-state index in [0.717, 1.165) is 74.9 Å². The van der Waals surface area contributed by atoms with Crippen LogP contribution in [-0.4, -0.2) is 77.4 Å². The van der Waals surface area contributed by atoms with Gasteiger partial charge < -0.3 is 14.4 Å². The van der Waals surface area contributed by atoms with Crippen LogP contribution in [0, 0.1) is 0 Å². The van der Waals surface area contributed by atoms with Crippen LogP contribution in [0.3, 0.4) is 0 Å². The number of morpholine rings is 1. The predicted octanol–water partition coefficient (Wildman–Crippen LogP) is 2.91. The van der Waals surface area contributed by atoms with E-state index in [2.05, 4.69) is 25.8 Å². The molecule has 0 saturated carbocycles. The summed E-state index contributed by atoms with van der Waals surface area (Å²) in [7, 11) is 1.62. The van der Waals surface area contributed by atoms with Crippen molar-refractivity contribution in [3.63, 3.8) is 0 Å². The fourth-order valence-electron chi connectivity index (χ4n) is 4.43. The average Bonchev–Trinajstić information content (AvgIpc) is 2.89. The lowest BCUT2D eigenvalue weighted by Gasteiger charge is -2.40. The summed E-state index contributed by atoms with van der Waals surface area (Å²) in [5, 5.41) is 0. The Morgan fingerprint density at radius 1 is 0.938 bits per heavy atom. The largest absolute Gasteiger partial charge is 0.481 e. The maximum atomic E-state index is 5.52. The zero-order valence-corrected chi connectivity index (χ0v) is 18.4. The van der Waals surface area contributed by atoms with E-state index in [-0.39, 0.29) is 0 Å². The standard InChI is InChI=1S/C24H28N6O2/c1-31-23-3-2-19(17-26-23)21-16-22(28-24(27-21)18-4-8-25-9-5-18)30-10-6-20(7-11-30)29-12-14-32-15-13-29/h2-5,8-9,16-17,20H,6-7,10-15H2,1H3. The quantitative estimate of drug-likeness (QED) is 0.609. The summed E-state index contributed by atoms with van der Waals surface area (Å²) in [5.41, 5.74) is 2.74. The molecule has 2 aliphatic heterocycles. The van der Waals surface area contributed by atoms with Crippen molar-refractivity contribution in [3.05, 3.63) is 48.9 Å². The Morgan fingerprint density at radius 2 is 1.72 bits per heavy atom. The third kappa shape index (κ3) is 4.56. The molecule has 0 spiro atoms. The lowest BCUT2D eigenvalue weighted by molar-refractivity contribution is 0.0115. The van der Waals surface area contributed by atoms with Gasteiger partial charge in [-0.3, -0.25) is 9.88 Å². The van der Waals surface area contributed by atoms with Gasteiger partial charge >= 0.3 is 0 Å². The number of aromatic nitrogens is 4. The molecule has 0 atom stereocenters. The van der Waals surface area contributed by atoms with E-state index >= 15 is 0 Å². The van der Waals surface area contributed by atoms with Crippen LogP contribution in [0.25, 0.3) is 22.6 Å². The highest BCUT2D eigenvalue weighted by molar-refractivity contribution is 5.67. The molecule has 2 saturated heterocycles. The average molecular weight is 433 g/mol. The maximum Gasteiger partial charge on any atom is 0.212 e. The number of rotatable bonds is 5. The minimum absolute atomic E-state index is 0.586. The number of hydrogen-bond donors (Lipinski definition) is 0. The fraction of sp³-hybridized carbons (Fsp3) is 0.417. The maximum absolute atomic E-state index is 5.52. The molecule has 5 heterocycles. The van der Waals surface area contributed by atoms with Crippen molar-refractivity contribution in [2.24, 2.45) is 0 Å². The molecular formula is C24H28N6O2. The highest BCUT2D eigenvalue weighted by atomic mass is 16.5. The number of nitrogens with zero attached hydrogens (tertiary/aromatic N) is 6. The Hall–Kier alpha value is -3.10. The number of anilines is 1. The van der Waals surface area contributed by atoms with E-state index in [1.165, 1.54) is 0 Å². The molecule has 3 aromatic rings. The summed E-state index contributed by atoms with van der Waals surface area (Å²) in [5.74, 6) is 2.24. The van der Waals surface area contributed by atoms with E-state index in [1.54, 1.807) is 25.7 Å². The van der Waals surface area contributed by atoms with Gasteiger partial charge in [0.1, 0.15) is 5.82 Å². The predicted molar refractivity (Wildman–Crippen MR) is 123 cm³/mol. The van der Waals surface area contributed by atoms with Crippen LogP contribution < -0.4 is 9.64 Å². The summed E-state index contributed by atoms with van der Waals surface area (Å²) < 4.78 is 10.7. The summed E-state index contributed by atoms with van der Waals surface area (Å²) in [6, 6.07) is 10.4. The van der Waals surface area contributed by atoms with Crippen LogP contribution in [-0.2, 0) is 4.74 Å². The second-order valence-corrected chi connectivity index (χ2v) is 8.13. The molecule has 8 nitrogen and oxygen atoms in total. The van der Waals surface area contributed by atoms with Crippen LogP contribution in [0.5, 0.6) is 5.88 Å². The second-order valence-electron chi connectivity index (χ2n) is 8.13. The van der Waals surface area contributed by atoms with Crippen molar-refractivity contribution in [2.75, 3.05) is 51.4 Å². The van der Waals surface area contributed by atoms with Gasteiger partial charge in [-0.2, -0.15) is 0 Å². The third-order valence-electron chi connectivity index (χ3n) is 6.24. The van der Waals surface area contributed by atoms with E-state index in [1.807, 2.05) is 24.3 Å². The van der Waals surface area contributed by atoms with Crippen LogP contribution in [0.1, 0.15) is 12.8 Å². The van der Waals surface area contributed by atoms with Gasteiger partial charge in [0.25, 0.3) is 0 Å². The number of ether oxygens (including phenoxy) is 2. The number of hydrogen-bond acceptors (Lipinski definition) is 8. The number of pyridine rings is 2. The molecule has 2 aliphatic rings. The van der Waals surface area contributed by atoms with E-state index in [4.69, 9.17) is 19.4 Å². The smallest absolute Gasteiger partial charge is 0.212 e. The first-order chi connectivity index (χ1) is 15.8. The molecule has 0 amide bonds. The Kier molecular flexibility index (Phi) is 6.22. The molecular weight excluding hydrogens is 404 g/mol. The van der Waals surface area contributed by atoms with Crippen LogP contribution in [0.15, 0.2) is 48.9 Å². The minimum atomic E-state index is 0.586. The van der Waals surface area contributed by atoms with Gasteiger partial charge in [0.15, 0.2) is 5.82 Å². The molecule has 0 aromatic carbocycles. The van der Waals surface area contributed by atoms with E-state index in [0.29, 0.717) is 17.7 Å². The minimum Gasteiger partial charge on any atom is -0.481 e. The van der Waals surface area contributed by atoms with E-state index < -0.39 is 0 Å². The molecule has 0 bridgehead atoms. The summed E-state index contributed by atoms with van der Waals surface area (Å²) in [4.78, 5) is 23.2. The zero-order chi connectivity index (χ0) is 21.8. The second kappa shape index (κ2) is 9.58. The van der Waals surface area contributed by atoms with Gasteiger partial charge in [0, 0.05) is 74.1 Å². The van der Waals surface area contributed by atoms with Crippen molar-refractivity contribution >= 4 is 5.82 Å². The van der Waals surface area contributed by atoms with Crippen LogP contribution in [0.2, 0.25) is 0 Å². The highest BCUT2D eigenvalue weighted by Crippen LogP contribution is 2.28. The summed E-state index contributed by atoms with van der Waals surface area (Å²) in [6.07, 6.45) is 7.61. The molecule has 0 aliphatic carbocycles. The Morgan fingerprint density at radius 3 is 2.41 bits per heavy atom. The van der Waals surface area contributed by atoms with Gasteiger partial charge in [-0.1, -0.05) is 0 Å². The first-order valence-corrected chi connectivity index (χ1v) is 11.2. The third-order valence-corrected chi connectivity index (χ3v) is 6.24. The number of methoxy groups -OCH3 is 1. The Balaban J connectivity index is 1.42. The van der Waals surface area contributed by atoms with Crippen molar-refractivity contribution < 1.29 is 9.47 Å². The molecule has 0 N–H and O–H groups in total. The van der Waals surface area contributed by atoms with Crippen molar-refractivity contribution in [1.29, 1.82) is 0 Å². The van der Waals surface area contributed by atoms with Crippen LogP contribution >= 0.6 is 0 Å². The van der Waals surface area contributed by atoms with E-state index in [9.17, 15) is 0 Å². The molecule has 32 heavy (non-hydrogen) atoms. The van der Waals surface area contributed by atoms with Crippen LogP contribution in [0.4, 0.5) is 5.82 Å². The molecule has 0 unspecified atom stereocenters. The van der Waals surface area contributed by atoms with Crippen molar-refractivity contribution in [2.45, 2.75) is 18.9 Å². The van der Waals surface area contributed by atoms with Crippen molar-refractivity contribution in [1.82, 2.24) is 24.8 Å². The van der Waals surface area contributed by atoms with Gasteiger partial charge in [0.2, 0.25) is 5.88 Å². The highest BCUT2D eigenvalue weighted by Gasteiger charge is 2.27. The van der Waals surface area contributed by atoms with Crippen molar-refractivity contribution in [3.8, 4) is 28.5 Å². The first kappa shape index (κ1) is 20.8. The molecule has 8 heteroatoms. The molecule has 2 fully saturated rings. The summed E-state index contributed by atoms with van der Waals surface area (Å²) >= 11 is 0. The van der Waals surface area contributed by atoms with Gasteiger partial charge in [-0.15, -0.1) is 0 Å². The lowest BCUT2D eigenvalue weighted by Crippen LogP contribution is -2.49. The molecule has 5 rings (SSSR count). The fourth-order valence-corrected chi connectivity index (χ4v) is 4.43. The molecule has 166 valence electrons. The topological polar surface area (TPSA) is 76.5 Å².